The number of hydrogen-bond donors (Lipinski definition) is 1. The summed E-state index contributed by atoms with van der Waals surface area (Å²) >= 11 is 0. The number of carbonyl (C=O) groups excluding carboxylic acids is 1. The summed E-state index contributed by atoms with van der Waals surface area (Å²) in [7, 11) is 1.29. The van der Waals surface area contributed by atoms with Crippen molar-refractivity contribution in [2.45, 2.75) is 37.4 Å². The van der Waals surface area contributed by atoms with Crippen molar-refractivity contribution < 1.29 is 27.9 Å². The third kappa shape index (κ3) is 2.53. The van der Waals surface area contributed by atoms with E-state index in [0.29, 0.717) is 6.41 Å². The van der Waals surface area contributed by atoms with E-state index >= 15 is 0 Å². The Labute approximate surface area is 96.4 Å². The smallest absolute Gasteiger partial charge is 0.391 e. The maximum Gasteiger partial charge on any atom is 0.391 e. The van der Waals surface area contributed by atoms with Crippen LogP contribution in [0.3, 0.4) is 0 Å². The molecule has 17 heavy (non-hydrogen) atoms. The van der Waals surface area contributed by atoms with Gasteiger partial charge >= 0.3 is 12.1 Å². The second-order valence-corrected chi connectivity index (χ2v) is 4.37. The molecule has 0 saturated heterocycles. The lowest BCUT2D eigenvalue weighted by Crippen LogP contribution is -2.55. The standard InChI is InChI=1S/C10H14F3NO3/c1-14(6-15)9(8(16)17)4-2-7(3-5-9)10(11,12)13/h6-7H,2-5H2,1H3,(H,16,17). The molecule has 0 bridgehead atoms. The Morgan fingerprint density at radius 3 is 2.18 bits per heavy atom. The predicted molar refractivity (Wildman–Crippen MR) is 52.2 cm³/mol. The van der Waals surface area contributed by atoms with Gasteiger partial charge in [0, 0.05) is 7.05 Å². The zero-order chi connectivity index (χ0) is 13.3. The number of hydrogen-bond acceptors (Lipinski definition) is 2. The monoisotopic (exact) mass is 253 g/mol. The van der Waals surface area contributed by atoms with E-state index in [-0.39, 0.29) is 25.7 Å². The molecule has 0 aromatic carbocycles. The molecule has 0 spiro atoms. The van der Waals surface area contributed by atoms with Gasteiger partial charge in [-0.3, -0.25) is 4.79 Å². The topological polar surface area (TPSA) is 57.6 Å². The van der Waals surface area contributed by atoms with Crippen LogP contribution in [-0.2, 0) is 9.59 Å². The normalized spacial score (nSPS) is 29.8. The molecule has 98 valence electrons. The number of nitrogens with zero attached hydrogens (tertiary/aromatic N) is 1. The van der Waals surface area contributed by atoms with Gasteiger partial charge in [-0.15, -0.1) is 0 Å². The minimum atomic E-state index is -4.29. The van der Waals surface area contributed by atoms with E-state index in [1.165, 1.54) is 7.05 Å². The number of aliphatic carboxylic acids is 1. The SMILES string of the molecule is CN(C=O)C1(C(=O)O)CCC(C(F)(F)F)CC1. The summed E-state index contributed by atoms with van der Waals surface area (Å²) in [5, 5.41) is 9.10. The predicted octanol–water partition coefficient (Wildman–Crippen LogP) is 1.65. The van der Waals surface area contributed by atoms with E-state index in [0.717, 1.165) is 4.90 Å². The Morgan fingerprint density at radius 1 is 1.41 bits per heavy atom. The number of carboxylic acid groups (broad SMARTS) is 1. The van der Waals surface area contributed by atoms with Crippen LogP contribution in [0.5, 0.6) is 0 Å². The molecule has 7 heteroatoms. The molecule has 0 heterocycles. The third-order valence-corrected chi connectivity index (χ3v) is 3.51. The summed E-state index contributed by atoms with van der Waals surface area (Å²) < 4.78 is 37.3. The first-order valence-corrected chi connectivity index (χ1v) is 5.22. The molecule has 1 amide bonds. The van der Waals surface area contributed by atoms with Crippen molar-refractivity contribution in [1.29, 1.82) is 0 Å². The van der Waals surface area contributed by atoms with Crippen LogP contribution in [0.2, 0.25) is 0 Å². The molecule has 0 atom stereocenters. The fourth-order valence-electron chi connectivity index (χ4n) is 2.24. The number of rotatable bonds is 3. The van der Waals surface area contributed by atoms with Crippen molar-refractivity contribution in [1.82, 2.24) is 4.90 Å². The lowest BCUT2D eigenvalue weighted by atomic mass is 9.75. The summed E-state index contributed by atoms with van der Waals surface area (Å²) in [6.07, 6.45) is -4.78. The summed E-state index contributed by atoms with van der Waals surface area (Å²) in [5.41, 5.74) is -1.48. The van der Waals surface area contributed by atoms with E-state index in [1.54, 1.807) is 0 Å². The van der Waals surface area contributed by atoms with Crippen LogP contribution in [0.25, 0.3) is 0 Å². The highest BCUT2D eigenvalue weighted by Gasteiger charge is 2.50. The molecule has 1 N–H and O–H groups in total. The van der Waals surface area contributed by atoms with Crippen molar-refractivity contribution in [2.75, 3.05) is 7.05 Å². The molecular formula is C10H14F3NO3. The number of carboxylic acids is 1. The van der Waals surface area contributed by atoms with Gasteiger partial charge in [0.25, 0.3) is 0 Å². The Kier molecular flexibility index (Phi) is 3.68. The van der Waals surface area contributed by atoms with E-state index < -0.39 is 23.6 Å². The highest BCUT2D eigenvalue weighted by atomic mass is 19.4. The summed E-state index contributed by atoms with van der Waals surface area (Å²) in [6, 6.07) is 0. The second-order valence-electron chi connectivity index (χ2n) is 4.37. The van der Waals surface area contributed by atoms with Crippen molar-refractivity contribution in [3.8, 4) is 0 Å². The Hall–Kier alpha value is -1.27. The number of halogens is 3. The highest BCUT2D eigenvalue weighted by Crippen LogP contribution is 2.42. The molecule has 1 aliphatic carbocycles. The van der Waals surface area contributed by atoms with Gasteiger partial charge in [-0.05, 0) is 25.7 Å². The highest BCUT2D eigenvalue weighted by molar-refractivity contribution is 5.81. The molecule has 0 radical (unpaired) electrons. The molecule has 0 aromatic heterocycles. The summed E-state index contributed by atoms with van der Waals surface area (Å²) in [6.45, 7) is 0. The molecule has 1 aliphatic rings. The van der Waals surface area contributed by atoms with Gasteiger partial charge < -0.3 is 10.0 Å². The van der Waals surface area contributed by atoms with Gasteiger partial charge in [0.05, 0.1) is 5.92 Å². The molecule has 0 aliphatic heterocycles. The largest absolute Gasteiger partial charge is 0.479 e. The quantitative estimate of drug-likeness (QED) is 0.778. The third-order valence-electron chi connectivity index (χ3n) is 3.51. The van der Waals surface area contributed by atoms with Gasteiger partial charge in [-0.2, -0.15) is 13.2 Å². The number of amides is 1. The van der Waals surface area contributed by atoms with Crippen molar-refractivity contribution >= 4 is 12.4 Å². The Balaban J connectivity index is 2.82. The van der Waals surface area contributed by atoms with Crippen LogP contribution in [0.1, 0.15) is 25.7 Å². The van der Waals surface area contributed by atoms with Gasteiger partial charge in [0.15, 0.2) is 0 Å². The first-order valence-electron chi connectivity index (χ1n) is 5.22. The Morgan fingerprint density at radius 2 is 1.88 bits per heavy atom. The lowest BCUT2D eigenvalue weighted by Gasteiger charge is -2.41. The number of carbonyl (C=O) groups is 2. The molecule has 4 nitrogen and oxygen atoms in total. The number of alkyl halides is 3. The average Bonchev–Trinajstić information content (AvgIpc) is 2.26. The summed E-state index contributed by atoms with van der Waals surface area (Å²) in [4.78, 5) is 22.7. The van der Waals surface area contributed by atoms with E-state index in [4.69, 9.17) is 5.11 Å². The number of likely N-dealkylation sites (N-methyl/N-ethyl adjacent to an activating group) is 1. The molecular weight excluding hydrogens is 239 g/mol. The zero-order valence-electron chi connectivity index (χ0n) is 9.33. The second kappa shape index (κ2) is 4.54. The van der Waals surface area contributed by atoms with Gasteiger partial charge in [-0.1, -0.05) is 0 Å². The fraction of sp³-hybridized carbons (Fsp3) is 0.800. The maximum atomic E-state index is 12.4. The lowest BCUT2D eigenvalue weighted by molar-refractivity contribution is -0.192. The fourth-order valence-corrected chi connectivity index (χ4v) is 2.24. The minimum absolute atomic E-state index is 0.165. The minimum Gasteiger partial charge on any atom is -0.479 e. The first-order chi connectivity index (χ1) is 7.74. The van der Waals surface area contributed by atoms with Crippen LogP contribution < -0.4 is 0 Å². The van der Waals surface area contributed by atoms with Crippen LogP contribution in [0.4, 0.5) is 13.2 Å². The zero-order valence-corrected chi connectivity index (χ0v) is 9.33. The molecule has 1 rings (SSSR count). The van der Waals surface area contributed by atoms with Crippen molar-refractivity contribution in [3.63, 3.8) is 0 Å². The average molecular weight is 253 g/mol. The van der Waals surface area contributed by atoms with Gasteiger partial charge in [0.2, 0.25) is 6.41 Å². The van der Waals surface area contributed by atoms with E-state index in [2.05, 4.69) is 0 Å². The van der Waals surface area contributed by atoms with E-state index in [9.17, 15) is 22.8 Å². The Bertz CT molecular complexity index is 308. The van der Waals surface area contributed by atoms with Gasteiger partial charge in [-0.25, -0.2) is 4.79 Å². The molecule has 0 unspecified atom stereocenters. The maximum absolute atomic E-state index is 12.4. The summed E-state index contributed by atoms with van der Waals surface area (Å²) in [5.74, 6) is -2.71. The first kappa shape index (κ1) is 13.8. The van der Waals surface area contributed by atoms with Crippen LogP contribution in [0, 0.1) is 5.92 Å². The molecule has 0 aromatic rings. The van der Waals surface area contributed by atoms with Crippen LogP contribution in [-0.4, -0.2) is 41.1 Å². The van der Waals surface area contributed by atoms with E-state index in [1.807, 2.05) is 0 Å². The van der Waals surface area contributed by atoms with Crippen molar-refractivity contribution in [2.24, 2.45) is 5.92 Å². The molecule has 1 saturated carbocycles. The van der Waals surface area contributed by atoms with Crippen molar-refractivity contribution in [3.05, 3.63) is 0 Å². The van der Waals surface area contributed by atoms with Crippen LogP contribution in [0.15, 0.2) is 0 Å². The van der Waals surface area contributed by atoms with Crippen LogP contribution >= 0.6 is 0 Å². The molecule has 1 fully saturated rings. The van der Waals surface area contributed by atoms with Gasteiger partial charge in [0.1, 0.15) is 5.54 Å².